The van der Waals surface area contributed by atoms with Crippen LogP contribution in [0.1, 0.15) is 49.4 Å². The second-order valence-electron chi connectivity index (χ2n) is 6.56. The van der Waals surface area contributed by atoms with Gasteiger partial charge in [0.15, 0.2) is 0 Å². The van der Waals surface area contributed by atoms with Gasteiger partial charge in [0.25, 0.3) is 5.91 Å². The second-order valence-corrected chi connectivity index (χ2v) is 6.56. The van der Waals surface area contributed by atoms with E-state index in [2.05, 4.69) is 0 Å². The standard InChI is InChI=1S/C18H25NO3/c1-13(20)14-6-5-11-19(12-14)18(21)16-9-2-3-10-17(16)22-15-7-4-8-15/h2-3,9-10,13-15,20H,4-8,11-12H2,1H3. The molecule has 2 atom stereocenters. The Labute approximate surface area is 132 Å². The van der Waals surface area contributed by atoms with Crippen molar-refractivity contribution in [3.63, 3.8) is 0 Å². The Balaban J connectivity index is 1.73. The summed E-state index contributed by atoms with van der Waals surface area (Å²) in [5.41, 5.74) is 0.653. The maximum absolute atomic E-state index is 12.8. The van der Waals surface area contributed by atoms with Crippen molar-refractivity contribution in [2.45, 2.75) is 51.2 Å². The van der Waals surface area contributed by atoms with E-state index in [0.29, 0.717) is 17.9 Å². The number of rotatable bonds is 4. The molecule has 0 bridgehead atoms. The van der Waals surface area contributed by atoms with Gasteiger partial charge in [0.2, 0.25) is 0 Å². The van der Waals surface area contributed by atoms with Crippen LogP contribution in [0.25, 0.3) is 0 Å². The molecular formula is C18H25NO3. The molecule has 4 heteroatoms. The highest BCUT2D eigenvalue weighted by atomic mass is 16.5. The van der Waals surface area contributed by atoms with Crippen molar-refractivity contribution in [1.82, 2.24) is 4.90 Å². The van der Waals surface area contributed by atoms with Crippen LogP contribution in [-0.4, -0.2) is 41.2 Å². The van der Waals surface area contributed by atoms with E-state index in [1.54, 1.807) is 0 Å². The fraction of sp³-hybridized carbons (Fsp3) is 0.611. The molecular weight excluding hydrogens is 278 g/mol. The van der Waals surface area contributed by atoms with Crippen molar-refractivity contribution >= 4 is 5.91 Å². The minimum absolute atomic E-state index is 0.0280. The van der Waals surface area contributed by atoms with Crippen LogP contribution in [0.2, 0.25) is 0 Å². The summed E-state index contributed by atoms with van der Waals surface area (Å²) in [6.07, 6.45) is 5.21. The normalized spacial score (nSPS) is 23.7. The molecule has 0 radical (unpaired) electrons. The number of piperidine rings is 1. The zero-order valence-corrected chi connectivity index (χ0v) is 13.2. The summed E-state index contributed by atoms with van der Waals surface area (Å²) in [5.74, 6) is 0.911. The molecule has 1 saturated heterocycles. The molecule has 1 aliphatic carbocycles. The maximum atomic E-state index is 12.8. The van der Waals surface area contributed by atoms with Gasteiger partial charge < -0.3 is 14.7 Å². The Morgan fingerprint density at radius 2 is 2.05 bits per heavy atom. The van der Waals surface area contributed by atoms with Crippen LogP contribution in [0.4, 0.5) is 0 Å². The average molecular weight is 303 g/mol. The number of carbonyl (C=O) groups excluding carboxylic acids is 1. The van der Waals surface area contributed by atoms with E-state index in [0.717, 1.165) is 32.2 Å². The first kappa shape index (κ1) is 15.3. The van der Waals surface area contributed by atoms with E-state index in [4.69, 9.17) is 4.74 Å². The van der Waals surface area contributed by atoms with Gasteiger partial charge in [-0.05, 0) is 51.2 Å². The molecule has 1 heterocycles. The molecule has 0 spiro atoms. The lowest BCUT2D eigenvalue weighted by Crippen LogP contribution is -2.43. The molecule has 2 unspecified atom stereocenters. The molecule has 2 fully saturated rings. The number of amides is 1. The summed E-state index contributed by atoms with van der Waals surface area (Å²) in [4.78, 5) is 14.7. The third-order valence-electron chi connectivity index (χ3n) is 4.89. The predicted molar refractivity (Wildman–Crippen MR) is 85.0 cm³/mol. The maximum Gasteiger partial charge on any atom is 0.257 e. The zero-order chi connectivity index (χ0) is 15.5. The average Bonchev–Trinajstić information content (AvgIpc) is 2.50. The van der Waals surface area contributed by atoms with Gasteiger partial charge >= 0.3 is 0 Å². The van der Waals surface area contributed by atoms with Crippen molar-refractivity contribution in [3.8, 4) is 5.75 Å². The van der Waals surface area contributed by atoms with Gasteiger partial charge in [-0.2, -0.15) is 0 Å². The Morgan fingerprint density at radius 1 is 1.27 bits per heavy atom. The van der Waals surface area contributed by atoms with Gasteiger partial charge in [0.05, 0.1) is 17.8 Å². The molecule has 22 heavy (non-hydrogen) atoms. The van der Waals surface area contributed by atoms with Crippen molar-refractivity contribution in [2.75, 3.05) is 13.1 Å². The number of aliphatic hydroxyl groups is 1. The monoisotopic (exact) mass is 303 g/mol. The minimum atomic E-state index is -0.364. The first-order valence-electron chi connectivity index (χ1n) is 8.38. The Bertz CT molecular complexity index is 525. The smallest absolute Gasteiger partial charge is 0.257 e. The van der Waals surface area contributed by atoms with Gasteiger partial charge in [0.1, 0.15) is 5.75 Å². The summed E-state index contributed by atoms with van der Waals surface area (Å²) in [7, 11) is 0. The van der Waals surface area contributed by atoms with E-state index < -0.39 is 0 Å². The third-order valence-corrected chi connectivity index (χ3v) is 4.89. The summed E-state index contributed by atoms with van der Waals surface area (Å²) < 4.78 is 5.97. The molecule has 120 valence electrons. The quantitative estimate of drug-likeness (QED) is 0.930. The third kappa shape index (κ3) is 3.27. The van der Waals surface area contributed by atoms with Gasteiger partial charge in [-0.25, -0.2) is 0 Å². The molecule has 1 N–H and O–H groups in total. The van der Waals surface area contributed by atoms with Crippen LogP contribution in [0.15, 0.2) is 24.3 Å². The van der Waals surface area contributed by atoms with Crippen molar-refractivity contribution in [2.24, 2.45) is 5.92 Å². The molecule has 1 aliphatic heterocycles. The summed E-state index contributed by atoms with van der Waals surface area (Å²) >= 11 is 0. The lowest BCUT2D eigenvalue weighted by Gasteiger charge is -2.35. The fourth-order valence-corrected chi connectivity index (χ4v) is 3.17. The van der Waals surface area contributed by atoms with Gasteiger partial charge in [0, 0.05) is 19.0 Å². The summed E-state index contributed by atoms with van der Waals surface area (Å²) in [6, 6.07) is 7.54. The van der Waals surface area contributed by atoms with Crippen LogP contribution in [-0.2, 0) is 0 Å². The molecule has 1 aromatic carbocycles. The fourth-order valence-electron chi connectivity index (χ4n) is 3.17. The number of hydrogen-bond acceptors (Lipinski definition) is 3. The number of likely N-dealkylation sites (tertiary alicyclic amines) is 1. The van der Waals surface area contributed by atoms with Crippen LogP contribution in [0.3, 0.4) is 0 Å². The molecule has 4 nitrogen and oxygen atoms in total. The topological polar surface area (TPSA) is 49.8 Å². The minimum Gasteiger partial charge on any atom is -0.490 e. The Kier molecular flexibility index (Phi) is 4.67. The molecule has 1 saturated carbocycles. The molecule has 2 aliphatic rings. The zero-order valence-electron chi connectivity index (χ0n) is 13.2. The summed E-state index contributed by atoms with van der Waals surface area (Å²) in [5, 5.41) is 9.80. The Morgan fingerprint density at radius 3 is 2.73 bits per heavy atom. The number of para-hydroxylation sites is 1. The van der Waals surface area contributed by atoms with E-state index in [-0.39, 0.29) is 24.0 Å². The number of ether oxygens (including phenoxy) is 1. The van der Waals surface area contributed by atoms with Crippen molar-refractivity contribution in [1.29, 1.82) is 0 Å². The van der Waals surface area contributed by atoms with Gasteiger partial charge in [-0.15, -0.1) is 0 Å². The number of aliphatic hydroxyl groups excluding tert-OH is 1. The van der Waals surface area contributed by atoms with E-state index in [1.165, 1.54) is 6.42 Å². The first-order chi connectivity index (χ1) is 10.6. The highest BCUT2D eigenvalue weighted by molar-refractivity contribution is 5.97. The van der Waals surface area contributed by atoms with Crippen molar-refractivity contribution in [3.05, 3.63) is 29.8 Å². The number of nitrogens with zero attached hydrogens (tertiary/aromatic N) is 1. The van der Waals surface area contributed by atoms with E-state index >= 15 is 0 Å². The first-order valence-corrected chi connectivity index (χ1v) is 8.38. The van der Waals surface area contributed by atoms with Crippen molar-refractivity contribution < 1.29 is 14.6 Å². The number of carbonyl (C=O) groups is 1. The van der Waals surface area contributed by atoms with Crippen LogP contribution in [0.5, 0.6) is 5.75 Å². The van der Waals surface area contributed by atoms with E-state index in [1.807, 2.05) is 36.1 Å². The molecule has 1 aromatic rings. The second kappa shape index (κ2) is 6.69. The van der Waals surface area contributed by atoms with E-state index in [9.17, 15) is 9.90 Å². The lowest BCUT2D eigenvalue weighted by atomic mass is 9.93. The Hall–Kier alpha value is -1.55. The van der Waals surface area contributed by atoms with Crippen LogP contribution < -0.4 is 4.74 Å². The molecule has 3 rings (SSSR count). The van der Waals surface area contributed by atoms with Crippen LogP contribution >= 0.6 is 0 Å². The molecule has 1 amide bonds. The highest BCUT2D eigenvalue weighted by Gasteiger charge is 2.29. The largest absolute Gasteiger partial charge is 0.490 e. The SMILES string of the molecule is CC(O)C1CCCN(C(=O)c2ccccc2OC2CCC2)C1. The summed E-state index contributed by atoms with van der Waals surface area (Å²) in [6.45, 7) is 3.21. The van der Waals surface area contributed by atoms with Crippen LogP contribution in [0, 0.1) is 5.92 Å². The van der Waals surface area contributed by atoms with Gasteiger partial charge in [-0.3, -0.25) is 4.79 Å². The molecule has 0 aromatic heterocycles. The number of hydrogen-bond donors (Lipinski definition) is 1. The number of benzene rings is 1. The lowest BCUT2D eigenvalue weighted by molar-refractivity contribution is 0.0458. The van der Waals surface area contributed by atoms with Gasteiger partial charge in [-0.1, -0.05) is 12.1 Å². The highest BCUT2D eigenvalue weighted by Crippen LogP contribution is 2.29. The predicted octanol–water partition coefficient (Wildman–Crippen LogP) is 2.85.